The molecule has 0 amide bonds. The summed E-state index contributed by atoms with van der Waals surface area (Å²) in [5.41, 5.74) is 1.20. The molecule has 0 saturated carbocycles. The van der Waals surface area contributed by atoms with E-state index >= 15 is 0 Å². The average molecular weight is 362 g/mol. The Morgan fingerprint density at radius 3 is 2.27 bits per heavy atom. The van der Waals surface area contributed by atoms with Crippen LogP contribution in [0.5, 0.6) is 11.5 Å². The van der Waals surface area contributed by atoms with Crippen molar-refractivity contribution < 1.29 is 28.4 Å². The van der Waals surface area contributed by atoms with Crippen molar-refractivity contribution in [2.24, 2.45) is 0 Å². The third-order valence-corrected chi connectivity index (χ3v) is 4.17. The zero-order chi connectivity index (χ0) is 19.2. The Labute approximate surface area is 154 Å². The summed E-state index contributed by atoms with van der Waals surface area (Å²) in [5, 5.41) is 0. The van der Waals surface area contributed by atoms with Crippen LogP contribution in [0, 0.1) is 0 Å². The molecule has 0 N–H and O–H groups in total. The Morgan fingerprint density at radius 1 is 1.08 bits per heavy atom. The van der Waals surface area contributed by atoms with Crippen LogP contribution >= 0.6 is 0 Å². The van der Waals surface area contributed by atoms with Gasteiger partial charge in [-0.3, -0.25) is 0 Å². The molecule has 1 aliphatic heterocycles. The van der Waals surface area contributed by atoms with Gasteiger partial charge in [0.2, 0.25) is 5.79 Å². The SMILES string of the molecule is C=C(/C(=C\C(=C/C)OC)OC)C1(c2ccc(OC)cc2OC)OCCO1. The highest BCUT2D eigenvalue weighted by atomic mass is 16.7. The highest BCUT2D eigenvalue weighted by Crippen LogP contribution is 2.45. The highest BCUT2D eigenvalue weighted by molar-refractivity contribution is 5.49. The summed E-state index contributed by atoms with van der Waals surface area (Å²) in [6, 6.07) is 5.44. The molecule has 6 heteroatoms. The number of hydrogen-bond donors (Lipinski definition) is 0. The molecular formula is C20H26O6. The zero-order valence-corrected chi connectivity index (χ0v) is 16.0. The lowest BCUT2D eigenvalue weighted by molar-refractivity contribution is -0.135. The molecule has 2 rings (SSSR count). The normalized spacial score (nSPS) is 17.0. The fourth-order valence-electron chi connectivity index (χ4n) is 2.80. The molecule has 0 spiro atoms. The lowest BCUT2D eigenvalue weighted by atomic mass is 9.95. The van der Waals surface area contributed by atoms with Gasteiger partial charge in [0.15, 0.2) is 0 Å². The molecule has 0 atom stereocenters. The quantitative estimate of drug-likeness (QED) is 0.521. The molecule has 0 aliphatic carbocycles. The van der Waals surface area contributed by atoms with Crippen LogP contribution < -0.4 is 9.47 Å². The predicted octanol–water partition coefficient (Wildman–Crippen LogP) is 3.54. The lowest BCUT2D eigenvalue weighted by Gasteiger charge is -2.32. The first-order chi connectivity index (χ1) is 12.6. The maximum atomic E-state index is 6.01. The van der Waals surface area contributed by atoms with E-state index in [9.17, 15) is 0 Å². The van der Waals surface area contributed by atoms with Crippen molar-refractivity contribution in [3.8, 4) is 11.5 Å². The fourth-order valence-corrected chi connectivity index (χ4v) is 2.80. The van der Waals surface area contributed by atoms with Crippen LogP contribution in [0.3, 0.4) is 0 Å². The number of methoxy groups -OCH3 is 4. The third kappa shape index (κ3) is 3.71. The van der Waals surface area contributed by atoms with Crippen molar-refractivity contribution in [1.29, 1.82) is 0 Å². The maximum Gasteiger partial charge on any atom is 0.229 e. The number of benzene rings is 1. The molecule has 1 aromatic carbocycles. The molecule has 1 fully saturated rings. The summed E-state index contributed by atoms with van der Waals surface area (Å²) in [6.07, 6.45) is 3.56. The largest absolute Gasteiger partial charge is 0.497 e. The Morgan fingerprint density at radius 2 is 1.77 bits per heavy atom. The molecule has 142 valence electrons. The Bertz CT molecular complexity index is 698. The van der Waals surface area contributed by atoms with E-state index in [1.54, 1.807) is 40.6 Å². The second kappa shape index (κ2) is 8.78. The van der Waals surface area contributed by atoms with Gasteiger partial charge in [0, 0.05) is 12.1 Å². The minimum atomic E-state index is -1.22. The van der Waals surface area contributed by atoms with Gasteiger partial charge in [-0.2, -0.15) is 0 Å². The standard InChI is InChI=1S/C20H26O6/c1-7-15(21-3)12-18(23-5)14(2)20(25-10-11-26-20)17-9-8-16(22-4)13-19(17)24-6/h7-9,12-13H,2,10-11H2,1,3-6H3/b15-7+,18-12+. The Kier molecular flexibility index (Phi) is 6.71. The van der Waals surface area contributed by atoms with E-state index in [4.69, 9.17) is 28.4 Å². The summed E-state index contributed by atoms with van der Waals surface area (Å²) >= 11 is 0. The summed E-state index contributed by atoms with van der Waals surface area (Å²) in [4.78, 5) is 0. The maximum absolute atomic E-state index is 6.01. The summed E-state index contributed by atoms with van der Waals surface area (Å²) in [6.45, 7) is 6.90. The van der Waals surface area contributed by atoms with Gasteiger partial charge in [-0.05, 0) is 25.1 Å². The molecule has 1 aliphatic rings. The van der Waals surface area contributed by atoms with E-state index in [-0.39, 0.29) is 0 Å². The van der Waals surface area contributed by atoms with Crippen molar-refractivity contribution in [2.45, 2.75) is 12.7 Å². The van der Waals surface area contributed by atoms with Gasteiger partial charge in [-0.15, -0.1) is 0 Å². The van der Waals surface area contributed by atoms with E-state index < -0.39 is 5.79 Å². The third-order valence-electron chi connectivity index (χ3n) is 4.17. The zero-order valence-electron chi connectivity index (χ0n) is 16.0. The molecule has 0 bridgehead atoms. The van der Waals surface area contributed by atoms with Gasteiger partial charge in [0.25, 0.3) is 0 Å². The number of hydrogen-bond acceptors (Lipinski definition) is 6. The van der Waals surface area contributed by atoms with Gasteiger partial charge in [0.1, 0.15) is 23.0 Å². The number of allylic oxidation sites excluding steroid dienone is 2. The Balaban J connectivity index is 2.55. The second-order valence-corrected chi connectivity index (χ2v) is 5.47. The smallest absolute Gasteiger partial charge is 0.229 e. The minimum Gasteiger partial charge on any atom is -0.497 e. The van der Waals surface area contributed by atoms with Crippen LogP contribution in [0.25, 0.3) is 0 Å². The summed E-state index contributed by atoms with van der Waals surface area (Å²) < 4.78 is 33.7. The van der Waals surface area contributed by atoms with Crippen LogP contribution in [0.15, 0.2) is 54.0 Å². The summed E-state index contributed by atoms with van der Waals surface area (Å²) in [5.74, 6) is 1.15. The van der Waals surface area contributed by atoms with Crippen LogP contribution in [-0.2, 0) is 24.7 Å². The molecule has 0 unspecified atom stereocenters. The second-order valence-electron chi connectivity index (χ2n) is 5.47. The van der Waals surface area contributed by atoms with E-state index in [1.807, 2.05) is 25.1 Å². The highest BCUT2D eigenvalue weighted by Gasteiger charge is 2.45. The number of ether oxygens (including phenoxy) is 6. The van der Waals surface area contributed by atoms with Crippen LogP contribution in [0.1, 0.15) is 12.5 Å². The number of rotatable bonds is 8. The van der Waals surface area contributed by atoms with Gasteiger partial charge in [-0.1, -0.05) is 6.58 Å². The van der Waals surface area contributed by atoms with Crippen molar-refractivity contribution >= 4 is 0 Å². The molecule has 6 nitrogen and oxygen atoms in total. The molecule has 26 heavy (non-hydrogen) atoms. The predicted molar refractivity (Wildman–Crippen MR) is 98.1 cm³/mol. The monoisotopic (exact) mass is 362 g/mol. The van der Waals surface area contributed by atoms with E-state index in [1.165, 1.54) is 0 Å². The fraction of sp³-hybridized carbons (Fsp3) is 0.400. The van der Waals surface area contributed by atoms with Gasteiger partial charge in [0.05, 0.1) is 52.8 Å². The van der Waals surface area contributed by atoms with Crippen molar-refractivity contribution in [3.63, 3.8) is 0 Å². The van der Waals surface area contributed by atoms with Gasteiger partial charge >= 0.3 is 0 Å². The van der Waals surface area contributed by atoms with E-state index in [0.717, 1.165) is 0 Å². The molecular weight excluding hydrogens is 336 g/mol. The molecule has 0 aromatic heterocycles. The van der Waals surface area contributed by atoms with Crippen molar-refractivity contribution in [1.82, 2.24) is 0 Å². The van der Waals surface area contributed by atoms with Crippen LogP contribution in [0.2, 0.25) is 0 Å². The lowest BCUT2D eigenvalue weighted by Crippen LogP contribution is -2.31. The van der Waals surface area contributed by atoms with Gasteiger partial charge < -0.3 is 28.4 Å². The van der Waals surface area contributed by atoms with Crippen molar-refractivity contribution in [3.05, 3.63) is 59.6 Å². The first kappa shape index (κ1) is 19.9. The molecule has 1 aromatic rings. The van der Waals surface area contributed by atoms with Crippen LogP contribution in [0.4, 0.5) is 0 Å². The Hall–Kier alpha value is -2.44. The summed E-state index contributed by atoms with van der Waals surface area (Å²) in [7, 11) is 6.33. The first-order valence-electron chi connectivity index (χ1n) is 8.22. The van der Waals surface area contributed by atoms with Crippen molar-refractivity contribution in [2.75, 3.05) is 41.7 Å². The first-order valence-corrected chi connectivity index (χ1v) is 8.22. The van der Waals surface area contributed by atoms with Crippen LogP contribution in [-0.4, -0.2) is 41.7 Å². The molecule has 1 heterocycles. The average Bonchev–Trinajstić information content (AvgIpc) is 3.19. The van der Waals surface area contributed by atoms with E-state index in [0.29, 0.717) is 47.4 Å². The minimum absolute atomic E-state index is 0.423. The topological polar surface area (TPSA) is 55.4 Å². The molecule has 1 saturated heterocycles. The van der Waals surface area contributed by atoms with Gasteiger partial charge in [-0.25, -0.2) is 0 Å². The molecule has 0 radical (unpaired) electrons. The van der Waals surface area contributed by atoms with E-state index in [2.05, 4.69) is 6.58 Å².